The smallest absolute Gasteiger partial charge is 0.150 e. The zero-order valence-electron chi connectivity index (χ0n) is 9.99. The van der Waals surface area contributed by atoms with Gasteiger partial charge in [-0.3, -0.25) is 0 Å². The van der Waals surface area contributed by atoms with Crippen LogP contribution in [0, 0.1) is 11.8 Å². The van der Waals surface area contributed by atoms with Crippen LogP contribution in [0.4, 0.5) is 0 Å². The quantitative estimate of drug-likeness (QED) is 0.781. The SMILES string of the molecule is CCC(CC)C(NC)C1CCS(=O)(=O)C1. The molecule has 1 N–H and O–H groups in total. The van der Waals surface area contributed by atoms with E-state index in [0.717, 1.165) is 19.3 Å². The van der Waals surface area contributed by atoms with Crippen molar-refractivity contribution < 1.29 is 8.42 Å². The third-order valence-corrected chi connectivity index (χ3v) is 5.46. The summed E-state index contributed by atoms with van der Waals surface area (Å²) < 4.78 is 22.9. The minimum absolute atomic E-state index is 0.324. The van der Waals surface area contributed by atoms with Crippen molar-refractivity contribution >= 4 is 9.84 Å². The minimum Gasteiger partial charge on any atom is -0.316 e. The number of hydrogen-bond donors (Lipinski definition) is 1. The molecule has 0 aromatic carbocycles. The van der Waals surface area contributed by atoms with Crippen molar-refractivity contribution in [3.63, 3.8) is 0 Å². The van der Waals surface area contributed by atoms with Gasteiger partial charge in [-0.05, 0) is 25.3 Å². The largest absolute Gasteiger partial charge is 0.316 e. The Kier molecular flexibility index (Phi) is 4.59. The molecule has 3 nitrogen and oxygen atoms in total. The van der Waals surface area contributed by atoms with Crippen molar-refractivity contribution in [2.45, 2.75) is 39.2 Å². The lowest BCUT2D eigenvalue weighted by molar-refractivity contribution is 0.273. The molecule has 0 amide bonds. The van der Waals surface area contributed by atoms with Crippen LogP contribution < -0.4 is 5.32 Å². The van der Waals surface area contributed by atoms with Crippen molar-refractivity contribution in [1.82, 2.24) is 5.32 Å². The number of sulfone groups is 1. The van der Waals surface area contributed by atoms with Gasteiger partial charge in [-0.2, -0.15) is 0 Å². The maximum atomic E-state index is 11.4. The summed E-state index contributed by atoms with van der Waals surface area (Å²) in [6, 6.07) is 0.372. The summed E-state index contributed by atoms with van der Waals surface area (Å²) in [6.07, 6.45) is 3.08. The molecule has 0 spiro atoms. The molecule has 15 heavy (non-hydrogen) atoms. The zero-order chi connectivity index (χ0) is 11.5. The lowest BCUT2D eigenvalue weighted by Gasteiger charge is -2.29. The summed E-state index contributed by atoms with van der Waals surface area (Å²) in [5, 5.41) is 3.32. The van der Waals surface area contributed by atoms with Crippen LogP contribution in [0.2, 0.25) is 0 Å². The Morgan fingerprint density at radius 1 is 1.33 bits per heavy atom. The highest BCUT2D eigenvalue weighted by molar-refractivity contribution is 7.91. The lowest BCUT2D eigenvalue weighted by atomic mass is 9.84. The van der Waals surface area contributed by atoms with Crippen LogP contribution in [0.25, 0.3) is 0 Å². The van der Waals surface area contributed by atoms with Gasteiger partial charge < -0.3 is 5.32 Å². The molecule has 1 rings (SSSR count). The molecule has 2 atom stereocenters. The molecule has 1 aliphatic heterocycles. The Morgan fingerprint density at radius 3 is 2.27 bits per heavy atom. The van der Waals surface area contributed by atoms with E-state index in [9.17, 15) is 8.42 Å². The Bertz CT molecular complexity index is 283. The van der Waals surface area contributed by atoms with Crippen molar-refractivity contribution in [2.24, 2.45) is 11.8 Å². The standard InChI is InChI=1S/C11H23NO2S/c1-4-9(5-2)11(12-3)10-6-7-15(13,14)8-10/h9-12H,4-8H2,1-3H3. The second-order valence-corrected chi connectivity index (χ2v) is 6.78. The first kappa shape index (κ1) is 13.0. The molecule has 0 aromatic heterocycles. The maximum Gasteiger partial charge on any atom is 0.150 e. The predicted molar refractivity (Wildman–Crippen MR) is 63.7 cm³/mol. The molecule has 2 unspecified atom stereocenters. The Balaban J connectivity index is 2.67. The zero-order valence-corrected chi connectivity index (χ0v) is 10.8. The third kappa shape index (κ3) is 3.18. The highest BCUT2D eigenvalue weighted by atomic mass is 32.2. The van der Waals surface area contributed by atoms with Gasteiger partial charge in [-0.25, -0.2) is 8.42 Å². The van der Waals surface area contributed by atoms with E-state index in [-0.39, 0.29) is 0 Å². The first-order valence-corrected chi connectivity index (χ1v) is 7.73. The van der Waals surface area contributed by atoms with E-state index in [4.69, 9.17) is 0 Å². The van der Waals surface area contributed by atoms with E-state index in [1.807, 2.05) is 7.05 Å². The second-order valence-electron chi connectivity index (χ2n) is 4.55. The van der Waals surface area contributed by atoms with Gasteiger partial charge in [0.05, 0.1) is 11.5 Å². The van der Waals surface area contributed by atoms with Gasteiger partial charge in [0, 0.05) is 6.04 Å². The van der Waals surface area contributed by atoms with Gasteiger partial charge in [0.1, 0.15) is 0 Å². The minimum atomic E-state index is -2.74. The van der Waals surface area contributed by atoms with Crippen LogP contribution in [0.1, 0.15) is 33.1 Å². The van der Waals surface area contributed by atoms with Gasteiger partial charge in [0.15, 0.2) is 9.84 Å². The van der Waals surface area contributed by atoms with Crippen molar-refractivity contribution in [3.8, 4) is 0 Å². The molecule has 1 aliphatic rings. The molecule has 0 aliphatic carbocycles. The average molecular weight is 233 g/mol. The number of hydrogen-bond acceptors (Lipinski definition) is 3. The first-order valence-electron chi connectivity index (χ1n) is 5.91. The van der Waals surface area contributed by atoms with E-state index >= 15 is 0 Å². The maximum absolute atomic E-state index is 11.4. The molecular weight excluding hydrogens is 210 g/mol. The van der Waals surface area contributed by atoms with Gasteiger partial charge in [-0.1, -0.05) is 26.7 Å². The summed E-state index contributed by atoms with van der Waals surface area (Å²) in [4.78, 5) is 0. The summed E-state index contributed by atoms with van der Waals surface area (Å²) in [7, 11) is -0.788. The van der Waals surface area contributed by atoms with Gasteiger partial charge in [0.25, 0.3) is 0 Å². The topological polar surface area (TPSA) is 46.2 Å². The molecule has 1 heterocycles. The highest BCUT2D eigenvalue weighted by Gasteiger charge is 2.35. The van der Waals surface area contributed by atoms with Crippen LogP contribution in [-0.2, 0) is 9.84 Å². The molecule has 0 aromatic rings. The molecule has 1 saturated heterocycles. The fourth-order valence-corrected chi connectivity index (χ4v) is 4.61. The van der Waals surface area contributed by atoms with Crippen molar-refractivity contribution in [2.75, 3.05) is 18.6 Å². The van der Waals surface area contributed by atoms with Gasteiger partial charge in [-0.15, -0.1) is 0 Å². The summed E-state index contributed by atoms with van der Waals surface area (Å²) in [6.45, 7) is 4.36. The second kappa shape index (κ2) is 5.30. The molecular formula is C11H23NO2S. The van der Waals surface area contributed by atoms with Crippen LogP contribution in [-0.4, -0.2) is 33.0 Å². The Hall–Kier alpha value is -0.0900. The van der Waals surface area contributed by atoms with E-state index < -0.39 is 9.84 Å². The third-order valence-electron chi connectivity index (χ3n) is 3.67. The lowest BCUT2D eigenvalue weighted by Crippen LogP contribution is -2.40. The van der Waals surface area contributed by atoms with Crippen LogP contribution in [0.5, 0.6) is 0 Å². The molecule has 0 bridgehead atoms. The monoisotopic (exact) mass is 233 g/mol. The number of nitrogens with one attached hydrogen (secondary N) is 1. The predicted octanol–water partition coefficient (Wildman–Crippen LogP) is 1.45. The van der Waals surface area contributed by atoms with Gasteiger partial charge in [0.2, 0.25) is 0 Å². The summed E-state index contributed by atoms with van der Waals surface area (Å²) >= 11 is 0. The fraction of sp³-hybridized carbons (Fsp3) is 1.00. The van der Waals surface area contributed by atoms with Crippen LogP contribution in [0.3, 0.4) is 0 Å². The van der Waals surface area contributed by atoms with Crippen LogP contribution in [0.15, 0.2) is 0 Å². The average Bonchev–Trinajstić information content (AvgIpc) is 2.54. The molecule has 4 heteroatoms. The Morgan fingerprint density at radius 2 is 1.93 bits per heavy atom. The summed E-state index contributed by atoms with van der Waals surface area (Å²) in [5.41, 5.74) is 0. The molecule has 1 fully saturated rings. The highest BCUT2D eigenvalue weighted by Crippen LogP contribution is 2.28. The van der Waals surface area contributed by atoms with Gasteiger partial charge >= 0.3 is 0 Å². The normalized spacial score (nSPS) is 27.1. The molecule has 0 saturated carbocycles. The fourth-order valence-electron chi connectivity index (χ4n) is 2.76. The first-order chi connectivity index (χ1) is 7.04. The number of rotatable bonds is 5. The molecule has 90 valence electrons. The summed E-state index contributed by atoms with van der Waals surface area (Å²) in [5.74, 6) is 1.70. The van der Waals surface area contributed by atoms with E-state index in [1.54, 1.807) is 0 Å². The van der Waals surface area contributed by atoms with E-state index in [0.29, 0.717) is 29.4 Å². The molecule has 0 radical (unpaired) electrons. The van der Waals surface area contributed by atoms with Crippen molar-refractivity contribution in [1.29, 1.82) is 0 Å². The van der Waals surface area contributed by atoms with Crippen molar-refractivity contribution in [3.05, 3.63) is 0 Å². The van der Waals surface area contributed by atoms with E-state index in [2.05, 4.69) is 19.2 Å². The van der Waals surface area contributed by atoms with E-state index in [1.165, 1.54) is 0 Å². The Labute approximate surface area is 93.6 Å². The van der Waals surface area contributed by atoms with Crippen LogP contribution >= 0.6 is 0 Å².